The monoisotopic (exact) mass is 363 g/mol. The minimum absolute atomic E-state index is 0.315. The van der Waals surface area contributed by atoms with Gasteiger partial charge < -0.3 is 9.47 Å². The fraction of sp³-hybridized carbons (Fsp3) is 0.133. The Morgan fingerprint density at radius 1 is 1.23 bits per heavy atom. The lowest BCUT2D eigenvalue weighted by Gasteiger charge is -2.09. The molecule has 2 rings (SSSR count). The van der Waals surface area contributed by atoms with Gasteiger partial charge in [0.1, 0.15) is 11.5 Å². The van der Waals surface area contributed by atoms with E-state index >= 15 is 0 Å². The first-order valence-electron chi connectivity index (χ1n) is 6.30. The van der Waals surface area contributed by atoms with Gasteiger partial charge in [-0.05, 0) is 34.1 Å². The van der Waals surface area contributed by atoms with Gasteiger partial charge in [0.15, 0.2) is 0 Å². The molecule has 114 valence electrons. The van der Waals surface area contributed by atoms with Gasteiger partial charge in [-0.2, -0.15) is 5.10 Å². The summed E-state index contributed by atoms with van der Waals surface area (Å²) in [6, 6.07) is 6.74. The lowest BCUT2D eigenvalue weighted by atomic mass is 10.2. The van der Waals surface area contributed by atoms with Crippen molar-refractivity contribution in [2.24, 2.45) is 5.10 Å². The number of benzene rings is 1. The maximum atomic E-state index is 11.8. The van der Waals surface area contributed by atoms with E-state index in [0.29, 0.717) is 22.6 Å². The van der Waals surface area contributed by atoms with Crippen LogP contribution in [0.2, 0.25) is 0 Å². The van der Waals surface area contributed by atoms with E-state index in [1.165, 1.54) is 6.21 Å². The van der Waals surface area contributed by atoms with Crippen LogP contribution >= 0.6 is 15.9 Å². The Labute approximate surface area is 136 Å². The van der Waals surface area contributed by atoms with Crippen LogP contribution < -0.4 is 14.9 Å². The summed E-state index contributed by atoms with van der Waals surface area (Å²) in [5, 5.41) is 3.94. The summed E-state index contributed by atoms with van der Waals surface area (Å²) in [7, 11) is 3.12. The summed E-state index contributed by atoms with van der Waals surface area (Å²) in [6.07, 6.45) is 4.59. The van der Waals surface area contributed by atoms with Crippen LogP contribution in [0.15, 0.2) is 46.2 Å². The standard InChI is InChI=1S/C15H14BrN3O3/c1-21-13-8-14(22-2)12(16)7-11(13)9-18-19-15(20)10-3-5-17-6-4-10/h3-9H,1-2H3,(H,19,20)/b18-9+. The minimum atomic E-state index is -0.315. The third kappa shape index (κ3) is 3.82. The lowest BCUT2D eigenvalue weighted by Crippen LogP contribution is -2.17. The number of carbonyl (C=O) groups excluding carboxylic acids is 1. The highest BCUT2D eigenvalue weighted by molar-refractivity contribution is 9.10. The van der Waals surface area contributed by atoms with E-state index in [4.69, 9.17) is 9.47 Å². The molecule has 1 N–H and O–H groups in total. The molecule has 0 fully saturated rings. The van der Waals surface area contributed by atoms with Gasteiger partial charge in [-0.15, -0.1) is 0 Å². The summed E-state index contributed by atoms with van der Waals surface area (Å²) >= 11 is 3.39. The number of pyridine rings is 1. The maximum absolute atomic E-state index is 11.8. The Kier molecular flexibility index (Phi) is 5.48. The number of ether oxygens (including phenoxy) is 2. The van der Waals surface area contributed by atoms with E-state index in [1.54, 1.807) is 50.9 Å². The molecule has 0 spiro atoms. The van der Waals surface area contributed by atoms with Crippen LogP contribution in [0.1, 0.15) is 15.9 Å². The van der Waals surface area contributed by atoms with Gasteiger partial charge in [0.2, 0.25) is 0 Å². The van der Waals surface area contributed by atoms with E-state index < -0.39 is 0 Å². The molecule has 1 aromatic heterocycles. The summed E-state index contributed by atoms with van der Waals surface area (Å²) in [6.45, 7) is 0. The van der Waals surface area contributed by atoms with Crippen molar-refractivity contribution in [3.63, 3.8) is 0 Å². The molecule has 0 aliphatic rings. The van der Waals surface area contributed by atoms with Gasteiger partial charge in [-0.25, -0.2) is 5.43 Å². The zero-order chi connectivity index (χ0) is 15.9. The van der Waals surface area contributed by atoms with E-state index in [0.717, 1.165) is 4.47 Å². The van der Waals surface area contributed by atoms with Crippen LogP contribution in [-0.2, 0) is 0 Å². The number of hydrogen-bond donors (Lipinski definition) is 1. The summed E-state index contributed by atoms with van der Waals surface area (Å²) in [4.78, 5) is 15.7. The van der Waals surface area contributed by atoms with Crippen LogP contribution in [0, 0.1) is 0 Å². The van der Waals surface area contributed by atoms with Crippen LogP contribution in [0.4, 0.5) is 0 Å². The Morgan fingerprint density at radius 2 is 1.91 bits per heavy atom. The molecule has 0 atom stereocenters. The third-order valence-electron chi connectivity index (χ3n) is 2.82. The molecule has 7 heteroatoms. The van der Waals surface area contributed by atoms with Crippen LogP contribution in [-0.4, -0.2) is 31.3 Å². The second-order valence-electron chi connectivity index (χ2n) is 4.16. The van der Waals surface area contributed by atoms with Crippen molar-refractivity contribution in [2.75, 3.05) is 14.2 Å². The molecule has 1 aromatic carbocycles. The molecule has 1 heterocycles. The fourth-order valence-electron chi connectivity index (χ4n) is 1.71. The predicted molar refractivity (Wildman–Crippen MR) is 86.5 cm³/mol. The molecule has 6 nitrogen and oxygen atoms in total. The molecule has 22 heavy (non-hydrogen) atoms. The minimum Gasteiger partial charge on any atom is -0.496 e. The quantitative estimate of drug-likeness (QED) is 0.654. The van der Waals surface area contributed by atoms with Gasteiger partial charge in [-0.1, -0.05) is 0 Å². The molecule has 0 radical (unpaired) electrons. The molecule has 0 saturated carbocycles. The topological polar surface area (TPSA) is 72.8 Å². The Hall–Kier alpha value is -2.41. The molecular weight excluding hydrogens is 350 g/mol. The zero-order valence-corrected chi connectivity index (χ0v) is 13.6. The van der Waals surface area contributed by atoms with Gasteiger partial charge in [0.25, 0.3) is 5.91 Å². The summed E-state index contributed by atoms with van der Waals surface area (Å²) < 4.78 is 11.2. The molecule has 0 saturated heterocycles. The molecule has 0 unspecified atom stereocenters. The first-order valence-corrected chi connectivity index (χ1v) is 7.10. The molecule has 1 amide bonds. The Balaban J connectivity index is 2.13. The smallest absolute Gasteiger partial charge is 0.271 e. The number of halogens is 1. The highest BCUT2D eigenvalue weighted by Gasteiger charge is 2.08. The van der Waals surface area contributed by atoms with Crippen molar-refractivity contribution in [1.82, 2.24) is 10.4 Å². The molecule has 0 bridgehead atoms. The van der Waals surface area contributed by atoms with Crippen molar-refractivity contribution in [1.29, 1.82) is 0 Å². The number of nitrogens with zero attached hydrogens (tertiary/aromatic N) is 2. The van der Waals surface area contributed by atoms with E-state index in [9.17, 15) is 4.79 Å². The second kappa shape index (κ2) is 7.56. The van der Waals surface area contributed by atoms with Crippen LogP contribution in [0.5, 0.6) is 11.5 Å². The van der Waals surface area contributed by atoms with Crippen molar-refractivity contribution < 1.29 is 14.3 Å². The maximum Gasteiger partial charge on any atom is 0.271 e. The van der Waals surface area contributed by atoms with Crippen LogP contribution in [0.25, 0.3) is 0 Å². The average Bonchev–Trinajstić information content (AvgIpc) is 2.55. The van der Waals surface area contributed by atoms with Crippen molar-refractivity contribution in [3.8, 4) is 11.5 Å². The number of carbonyl (C=O) groups is 1. The van der Waals surface area contributed by atoms with Crippen LogP contribution in [0.3, 0.4) is 0 Å². The summed E-state index contributed by atoms with van der Waals surface area (Å²) in [5.74, 6) is 0.918. The predicted octanol–water partition coefficient (Wildman–Crippen LogP) is 2.63. The van der Waals surface area contributed by atoms with Crippen molar-refractivity contribution in [3.05, 3.63) is 52.3 Å². The Bertz CT molecular complexity index is 690. The van der Waals surface area contributed by atoms with Gasteiger partial charge in [0.05, 0.1) is 24.9 Å². The highest BCUT2D eigenvalue weighted by Crippen LogP contribution is 2.31. The first kappa shape index (κ1) is 16.0. The lowest BCUT2D eigenvalue weighted by molar-refractivity contribution is 0.0955. The number of aromatic nitrogens is 1. The number of amides is 1. The number of nitrogens with one attached hydrogen (secondary N) is 1. The molecule has 2 aromatic rings. The largest absolute Gasteiger partial charge is 0.496 e. The van der Waals surface area contributed by atoms with E-state index in [1.807, 2.05) is 0 Å². The number of rotatable bonds is 5. The number of hydrazone groups is 1. The molecular formula is C15H14BrN3O3. The SMILES string of the molecule is COc1cc(OC)c(/C=N/NC(=O)c2ccncc2)cc1Br. The van der Waals surface area contributed by atoms with Crippen molar-refractivity contribution in [2.45, 2.75) is 0 Å². The van der Waals surface area contributed by atoms with Crippen molar-refractivity contribution >= 4 is 28.1 Å². The van der Waals surface area contributed by atoms with Gasteiger partial charge in [0, 0.05) is 29.6 Å². The number of methoxy groups -OCH3 is 2. The average molecular weight is 364 g/mol. The normalized spacial score (nSPS) is 10.5. The molecule has 0 aliphatic heterocycles. The zero-order valence-electron chi connectivity index (χ0n) is 12.0. The van der Waals surface area contributed by atoms with Gasteiger partial charge >= 0.3 is 0 Å². The van der Waals surface area contributed by atoms with Gasteiger partial charge in [-0.3, -0.25) is 9.78 Å². The summed E-state index contributed by atoms with van der Waals surface area (Å²) in [5.41, 5.74) is 3.63. The molecule has 0 aliphatic carbocycles. The first-order chi connectivity index (χ1) is 10.7. The fourth-order valence-corrected chi connectivity index (χ4v) is 2.24. The Morgan fingerprint density at radius 3 is 2.55 bits per heavy atom. The van der Waals surface area contributed by atoms with E-state index in [2.05, 4.69) is 31.4 Å². The second-order valence-corrected chi connectivity index (χ2v) is 5.02. The number of hydrogen-bond acceptors (Lipinski definition) is 5. The third-order valence-corrected chi connectivity index (χ3v) is 3.44. The van der Waals surface area contributed by atoms with E-state index in [-0.39, 0.29) is 5.91 Å². The highest BCUT2D eigenvalue weighted by atomic mass is 79.9.